The molecule has 0 spiro atoms. The Labute approximate surface area is 261 Å². The maximum Gasteiger partial charge on any atom is 0.0991 e. The third-order valence-corrected chi connectivity index (χ3v) is 10.5. The summed E-state index contributed by atoms with van der Waals surface area (Å²) in [4.78, 5) is 0. The number of nitriles is 3. The first-order valence-electron chi connectivity index (χ1n) is 14.0. The van der Waals surface area contributed by atoms with Gasteiger partial charge in [-0.05, 0) is 106 Å². The van der Waals surface area contributed by atoms with Gasteiger partial charge in [-0.2, -0.15) is 15.8 Å². The molecule has 0 bridgehead atoms. The normalized spacial score (nSPS) is 11.1. The van der Waals surface area contributed by atoms with Crippen molar-refractivity contribution in [1.82, 2.24) is 0 Å². The van der Waals surface area contributed by atoms with Gasteiger partial charge in [0.15, 0.2) is 0 Å². The highest BCUT2D eigenvalue weighted by molar-refractivity contribution is 7.26. The van der Waals surface area contributed by atoms with Gasteiger partial charge in [0.2, 0.25) is 0 Å². The fraction of sp³-hybridized carbons (Fsp3) is 0. The molecule has 6 aromatic carbocycles. The van der Waals surface area contributed by atoms with Gasteiger partial charge in [-0.15, -0.1) is 22.7 Å². The van der Waals surface area contributed by atoms with Crippen LogP contribution in [0.25, 0.3) is 73.7 Å². The summed E-state index contributed by atoms with van der Waals surface area (Å²) in [5.41, 5.74) is 8.20. The Kier molecular flexibility index (Phi) is 6.00. The standard InChI is InChI=1S/C39H19N3S2/c40-20-23-3-1-4-28(15-23)39-29(26-9-13-37-33(18-26)31-16-24(21-41)7-11-35(31)43-37)5-2-6-30(39)27-10-14-38-34(19-27)32-17-25(22-42)8-12-36(32)44-38/h1-19H. The van der Waals surface area contributed by atoms with E-state index in [1.807, 2.05) is 54.6 Å². The van der Waals surface area contributed by atoms with Crippen molar-refractivity contribution in [2.45, 2.75) is 0 Å². The monoisotopic (exact) mass is 593 g/mol. The first-order chi connectivity index (χ1) is 21.6. The van der Waals surface area contributed by atoms with E-state index in [4.69, 9.17) is 0 Å². The predicted molar refractivity (Wildman–Crippen MR) is 183 cm³/mol. The van der Waals surface area contributed by atoms with Crippen LogP contribution in [0.5, 0.6) is 0 Å². The molecule has 8 rings (SSSR count). The highest BCUT2D eigenvalue weighted by atomic mass is 32.1. The molecule has 0 fully saturated rings. The SMILES string of the molecule is N#Cc1cccc(-c2c(-c3ccc4sc5ccc(C#N)cc5c4c3)cccc2-c2ccc3sc4ccc(C#N)cc4c3c2)c1. The summed E-state index contributed by atoms with van der Waals surface area (Å²) >= 11 is 3.46. The number of nitrogens with zero attached hydrogens (tertiary/aromatic N) is 3. The quantitative estimate of drug-likeness (QED) is 0.205. The molecule has 202 valence electrons. The molecule has 0 saturated carbocycles. The van der Waals surface area contributed by atoms with E-state index in [-0.39, 0.29) is 0 Å². The van der Waals surface area contributed by atoms with E-state index >= 15 is 0 Å². The Morgan fingerprint density at radius 3 is 1.32 bits per heavy atom. The maximum atomic E-state index is 9.76. The first-order valence-corrected chi connectivity index (χ1v) is 15.6. The minimum absolute atomic E-state index is 0.606. The Hall–Kier alpha value is -5.77. The Morgan fingerprint density at radius 2 is 0.818 bits per heavy atom. The summed E-state index contributed by atoms with van der Waals surface area (Å²) in [5.74, 6) is 0. The molecule has 0 radical (unpaired) electrons. The van der Waals surface area contributed by atoms with E-state index in [2.05, 4.69) is 78.9 Å². The van der Waals surface area contributed by atoms with Crippen LogP contribution in [-0.2, 0) is 0 Å². The molecule has 0 unspecified atom stereocenters. The van der Waals surface area contributed by atoms with Crippen molar-refractivity contribution in [2.75, 3.05) is 0 Å². The summed E-state index contributed by atoms with van der Waals surface area (Å²) in [7, 11) is 0. The molecule has 0 saturated heterocycles. The molecule has 0 amide bonds. The highest BCUT2D eigenvalue weighted by Crippen LogP contribution is 2.44. The lowest BCUT2D eigenvalue weighted by atomic mass is 9.86. The minimum atomic E-state index is 0.606. The fourth-order valence-corrected chi connectivity index (χ4v) is 8.25. The van der Waals surface area contributed by atoms with Crippen molar-refractivity contribution < 1.29 is 0 Å². The van der Waals surface area contributed by atoms with E-state index < -0.39 is 0 Å². The number of rotatable bonds is 3. The minimum Gasteiger partial charge on any atom is -0.192 e. The van der Waals surface area contributed by atoms with Crippen LogP contribution < -0.4 is 0 Å². The number of benzene rings is 6. The lowest BCUT2D eigenvalue weighted by Crippen LogP contribution is -1.91. The Balaban J connectivity index is 1.40. The van der Waals surface area contributed by atoms with Gasteiger partial charge >= 0.3 is 0 Å². The van der Waals surface area contributed by atoms with Crippen LogP contribution in [-0.4, -0.2) is 0 Å². The average molecular weight is 594 g/mol. The second kappa shape index (κ2) is 10.2. The van der Waals surface area contributed by atoms with Gasteiger partial charge < -0.3 is 0 Å². The van der Waals surface area contributed by atoms with Crippen molar-refractivity contribution in [3.05, 3.63) is 132 Å². The molecular weight excluding hydrogens is 575 g/mol. The second-order valence-electron chi connectivity index (χ2n) is 10.7. The zero-order valence-electron chi connectivity index (χ0n) is 23.1. The highest BCUT2D eigenvalue weighted by Gasteiger charge is 2.17. The summed E-state index contributed by atoms with van der Waals surface area (Å²) in [5, 5.41) is 33.3. The molecule has 8 aromatic rings. The zero-order valence-corrected chi connectivity index (χ0v) is 24.8. The molecule has 5 heteroatoms. The van der Waals surface area contributed by atoms with Crippen LogP contribution in [0.2, 0.25) is 0 Å². The van der Waals surface area contributed by atoms with Gasteiger partial charge in [0.25, 0.3) is 0 Å². The van der Waals surface area contributed by atoms with Gasteiger partial charge in [0, 0.05) is 40.3 Å². The van der Waals surface area contributed by atoms with E-state index in [9.17, 15) is 15.8 Å². The number of thiophene rings is 2. The average Bonchev–Trinajstić information content (AvgIpc) is 3.64. The van der Waals surface area contributed by atoms with Crippen molar-refractivity contribution >= 4 is 63.0 Å². The second-order valence-corrected chi connectivity index (χ2v) is 12.9. The van der Waals surface area contributed by atoms with E-state index in [0.29, 0.717) is 16.7 Å². The molecule has 0 aliphatic carbocycles. The van der Waals surface area contributed by atoms with Crippen LogP contribution in [0, 0.1) is 34.0 Å². The van der Waals surface area contributed by atoms with E-state index in [1.165, 1.54) is 9.40 Å². The molecule has 0 N–H and O–H groups in total. The van der Waals surface area contributed by atoms with Gasteiger partial charge in [-0.1, -0.05) is 42.5 Å². The van der Waals surface area contributed by atoms with Crippen LogP contribution in [0.4, 0.5) is 0 Å². The summed E-state index contributed by atoms with van der Waals surface area (Å²) < 4.78 is 4.66. The van der Waals surface area contributed by atoms with Crippen LogP contribution in [0.1, 0.15) is 16.7 Å². The predicted octanol–water partition coefficient (Wildman–Crippen LogP) is 11.0. The van der Waals surface area contributed by atoms with Crippen molar-refractivity contribution in [2.24, 2.45) is 0 Å². The molecule has 2 heterocycles. The van der Waals surface area contributed by atoms with Crippen LogP contribution in [0.3, 0.4) is 0 Å². The topological polar surface area (TPSA) is 71.4 Å². The van der Waals surface area contributed by atoms with E-state index in [0.717, 1.165) is 64.3 Å². The Bertz CT molecular complexity index is 2450. The molecule has 0 aliphatic heterocycles. The number of hydrogen-bond acceptors (Lipinski definition) is 5. The van der Waals surface area contributed by atoms with Gasteiger partial charge in [-0.25, -0.2) is 0 Å². The molecule has 44 heavy (non-hydrogen) atoms. The lowest BCUT2D eigenvalue weighted by molar-refractivity contribution is 1.48. The molecular formula is C39H19N3S2. The molecule has 2 aromatic heterocycles. The van der Waals surface area contributed by atoms with Crippen LogP contribution >= 0.6 is 22.7 Å². The van der Waals surface area contributed by atoms with Crippen molar-refractivity contribution in [3.8, 4) is 51.6 Å². The van der Waals surface area contributed by atoms with Gasteiger partial charge in [-0.3, -0.25) is 0 Å². The lowest BCUT2D eigenvalue weighted by Gasteiger charge is -2.17. The summed E-state index contributed by atoms with van der Waals surface area (Å²) in [6, 6.07) is 45.9. The number of hydrogen-bond donors (Lipinski definition) is 0. The van der Waals surface area contributed by atoms with Gasteiger partial charge in [0.05, 0.1) is 34.9 Å². The third-order valence-electron chi connectivity index (χ3n) is 8.16. The fourth-order valence-electron chi connectivity index (χ4n) is 6.12. The third kappa shape index (κ3) is 4.14. The zero-order chi connectivity index (χ0) is 29.8. The summed E-state index contributed by atoms with van der Waals surface area (Å²) in [6.45, 7) is 0. The first kappa shape index (κ1) is 25.9. The molecule has 0 atom stereocenters. The molecule has 0 aliphatic rings. The van der Waals surface area contributed by atoms with Crippen LogP contribution in [0.15, 0.2) is 115 Å². The number of fused-ring (bicyclic) bond motifs is 6. The smallest absolute Gasteiger partial charge is 0.0991 e. The van der Waals surface area contributed by atoms with E-state index in [1.54, 1.807) is 22.7 Å². The summed E-state index contributed by atoms with van der Waals surface area (Å²) in [6.07, 6.45) is 0. The van der Waals surface area contributed by atoms with Crippen molar-refractivity contribution in [1.29, 1.82) is 15.8 Å². The molecule has 3 nitrogen and oxygen atoms in total. The largest absolute Gasteiger partial charge is 0.192 e. The Morgan fingerprint density at radius 1 is 0.386 bits per heavy atom. The van der Waals surface area contributed by atoms with Crippen molar-refractivity contribution in [3.63, 3.8) is 0 Å². The maximum absolute atomic E-state index is 9.76. The van der Waals surface area contributed by atoms with Gasteiger partial charge in [0.1, 0.15) is 0 Å².